The average Bonchev–Trinajstić information content (AvgIpc) is 2.36. The van der Waals surface area contributed by atoms with Gasteiger partial charge in [0.1, 0.15) is 12.7 Å². The number of nitro groups is 1. The van der Waals surface area contributed by atoms with Gasteiger partial charge in [0.2, 0.25) is 0 Å². The van der Waals surface area contributed by atoms with Crippen molar-refractivity contribution in [3.63, 3.8) is 0 Å². The molecule has 20 heavy (non-hydrogen) atoms. The highest BCUT2D eigenvalue weighted by Gasteiger charge is 2.29. The van der Waals surface area contributed by atoms with Crippen molar-refractivity contribution in [2.75, 3.05) is 19.7 Å². The molecule has 0 aliphatic carbocycles. The number of nitro benzene ring substituents is 1. The predicted molar refractivity (Wildman–Crippen MR) is 75.4 cm³/mol. The van der Waals surface area contributed by atoms with Crippen LogP contribution in [0.1, 0.15) is 13.8 Å². The summed E-state index contributed by atoms with van der Waals surface area (Å²) in [7, 11) is 0. The fraction of sp³-hybridized carbons (Fsp3) is 0.538. The van der Waals surface area contributed by atoms with E-state index in [2.05, 4.69) is 5.32 Å². The molecule has 0 aromatic heterocycles. The van der Waals surface area contributed by atoms with Crippen molar-refractivity contribution in [3.05, 3.63) is 33.3 Å². The first-order valence-corrected chi connectivity index (χ1v) is 6.70. The molecular formula is C13H17ClN2O4. The third-order valence-corrected chi connectivity index (χ3v) is 3.19. The third-order valence-electron chi connectivity index (χ3n) is 2.95. The van der Waals surface area contributed by atoms with Crippen LogP contribution in [0.15, 0.2) is 18.2 Å². The van der Waals surface area contributed by atoms with Gasteiger partial charge < -0.3 is 14.8 Å². The molecule has 7 heteroatoms. The van der Waals surface area contributed by atoms with E-state index in [4.69, 9.17) is 21.1 Å². The lowest BCUT2D eigenvalue weighted by Gasteiger charge is -2.36. The first kappa shape index (κ1) is 15.0. The fourth-order valence-corrected chi connectivity index (χ4v) is 2.27. The van der Waals surface area contributed by atoms with Crippen molar-refractivity contribution < 1.29 is 14.4 Å². The lowest BCUT2D eigenvalue weighted by Crippen LogP contribution is -2.52. The minimum Gasteiger partial charge on any atom is -0.484 e. The standard InChI is InChI=1S/C13H17ClN2O4/c1-13(2)8-15-6-10(20-13)7-19-12-4-3-9(14)5-11(12)16(17)18/h3-5,10,15H,6-8H2,1-2H3. The number of halogens is 1. The minimum absolute atomic E-state index is 0.138. The molecule has 1 heterocycles. The SMILES string of the molecule is CC1(C)CNCC(COc2ccc(Cl)cc2[N+](=O)[O-])O1. The van der Waals surface area contributed by atoms with Crippen LogP contribution in [0.5, 0.6) is 5.75 Å². The van der Waals surface area contributed by atoms with Gasteiger partial charge in [-0.15, -0.1) is 0 Å². The van der Waals surface area contributed by atoms with Crippen molar-refractivity contribution in [2.45, 2.75) is 25.6 Å². The first-order valence-electron chi connectivity index (χ1n) is 6.33. The maximum absolute atomic E-state index is 11.0. The highest BCUT2D eigenvalue weighted by molar-refractivity contribution is 6.30. The van der Waals surface area contributed by atoms with Gasteiger partial charge in [-0.3, -0.25) is 10.1 Å². The summed E-state index contributed by atoms with van der Waals surface area (Å²) in [5, 5.41) is 14.5. The Morgan fingerprint density at radius 3 is 3.00 bits per heavy atom. The molecule has 1 aromatic carbocycles. The fourth-order valence-electron chi connectivity index (χ4n) is 2.10. The maximum Gasteiger partial charge on any atom is 0.312 e. The van der Waals surface area contributed by atoms with Gasteiger partial charge in [0.25, 0.3) is 0 Å². The van der Waals surface area contributed by atoms with Gasteiger partial charge in [0.05, 0.1) is 10.5 Å². The van der Waals surface area contributed by atoms with Gasteiger partial charge in [-0.25, -0.2) is 0 Å². The number of benzene rings is 1. The van der Waals surface area contributed by atoms with Crippen LogP contribution in [0.3, 0.4) is 0 Å². The molecule has 1 saturated heterocycles. The molecule has 0 saturated carbocycles. The van der Waals surface area contributed by atoms with Gasteiger partial charge >= 0.3 is 5.69 Å². The van der Waals surface area contributed by atoms with Crippen molar-refractivity contribution in [2.24, 2.45) is 0 Å². The zero-order valence-corrected chi connectivity index (χ0v) is 12.1. The molecular weight excluding hydrogens is 284 g/mol. The van der Waals surface area contributed by atoms with Crippen molar-refractivity contribution >= 4 is 17.3 Å². The van der Waals surface area contributed by atoms with E-state index < -0.39 is 4.92 Å². The lowest BCUT2D eigenvalue weighted by atomic mass is 10.1. The van der Waals surface area contributed by atoms with Crippen LogP contribution < -0.4 is 10.1 Å². The van der Waals surface area contributed by atoms with Gasteiger partial charge in [0.15, 0.2) is 5.75 Å². The maximum atomic E-state index is 11.0. The highest BCUT2D eigenvalue weighted by atomic mass is 35.5. The number of morpholine rings is 1. The summed E-state index contributed by atoms with van der Waals surface area (Å²) in [6.45, 7) is 5.64. The van der Waals surface area contributed by atoms with Crippen molar-refractivity contribution in [3.8, 4) is 5.75 Å². The Bertz CT molecular complexity index is 507. The Labute approximate surface area is 122 Å². The zero-order valence-electron chi connectivity index (χ0n) is 11.4. The summed E-state index contributed by atoms with van der Waals surface area (Å²) in [6, 6.07) is 4.34. The second-order valence-corrected chi connectivity index (χ2v) is 5.75. The summed E-state index contributed by atoms with van der Waals surface area (Å²) < 4.78 is 11.4. The van der Waals surface area contributed by atoms with Gasteiger partial charge in [-0.1, -0.05) is 11.6 Å². The lowest BCUT2D eigenvalue weighted by molar-refractivity contribution is -0.385. The summed E-state index contributed by atoms with van der Waals surface area (Å²) >= 11 is 5.75. The van der Waals surface area contributed by atoms with Crippen molar-refractivity contribution in [1.29, 1.82) is 0 Å². The van der Waals surface area contributed by atoms with E-state index in [9.17, 15) is 10.1 Å². The Balaban J connectivity index is 2.02. The topological polar surface area (TPSA) is 73.6 Å². The molecule has 0 bridgehead atoms. The Kier molecular flexibility index (Phi) is 4.47. The summed E-state index contributed by atoms with van der Waals surface area (Å²) in [5.74, 6) is 0.200. The van der Waals surface area contributed by atoms with Crippen molar-refractivity contribution in [1.82, 2.24) is 5.32 Å². The summed E-state index contributed by atoms with van der Waals surface area (Å²) in [4.78, 5) is 10.4. The predicted octanol–water partition coefficient (Wildman–Crippen LogP) is 2.39. The molecule has 1 unspecified atom stereocenters. The number of rotatable bonds is 4. The van der Waals surface area contributed by atoms with Crippen LogP contribution in [0.25, 0.3) is 0 Å². The third kappa shape index (κ3) is 3.82. The Morgan fingerprint density at radius 1 is 1.60 bits per heavy atom. The van der Waals surface area contributed by atoms with E-state index >= 15 is 0 Å². The molecule has 1 aliphatic heterocycles. The van der Waals surface area contributed by atoms with Crippen LogP contribution >= 0.6 is 11.6 Å². The molecule has 1 aromatic rings. The molecule has 1 aliphatic rings. The highest BCUT2D eigenvalue weighted by Crippen LogP contribution is 2.30. The molecule has 1 fully saturated rings. The molecule has 0 amide bonds. The molecule has 6 nitrogen and oxygen atoms in total. The molecule has 1 N–H and O–H groups in total. The van der Waals surface area contributed by atoms with E-state index in [1.165, 1.54) is 12.1 Å². The monoisotopic (exact) mass is 300 g/mol. The van der Waals surface area contributed by atoms with E-state index in [0.29, 0.717) is 11.6 Å². The Morgan fingerprint density at radius 2 is 2.35 bits per heavy atom. The largest absolute Gasteiger partial charge is 0.484 e. The molecule has 0 spiro atoms. The minimum atomic E-state index is -0.509. The Hall–Kier alpha value is -1.37. The normalized spacial score (nSPS) is 21.4. The zero-order chi connectivity index (χ0) is 14.8. The number of nitrogens with zero attached hydrogens (tertiary/aromatic N) is 1. The smallest absolute Gasteiger partial charge is 0.312 e. The molecule has 1 atom stereocenters. The van der Waals surface area contributed by atoms with Crippen LogP contribution in [-0.2, 0) is 4.74 Å². The van der Waals surface area contributed by atoms with Crippen LogP contribution in [-0.4, -0.2) is 36.3 Å². The van der Waals surface area contributed by atoms with E-state index in [1.54, 1.807) is 6.07 Å². The average molecular weight is 301 g/mol. The second-order valence-electron chi connectivity index (χ2n) is 5.31. The first-order chi connectivity index (χ1) is 9.37. The number of hydrogen-bond acceptors (Lipinski definition) is 5. The van der Waals surface area contributed by atoms with Gasteiger partial charge in [0, 0.05) is 24.2 Å². The number of nitrogens with one attached hydrogen (secondary N) is 1. The van der Waals surface area contributed by atoms with Gasteiger partial charge in [-0.2, -0.15) is 0 Å². The van der Waals surface area contributed by atoms with E-state index in [-0.39, 0.29) is 29.7 Å². The van der Waals surface area contributed by atoms with Crippen LogP contribution in [0, 0.1) is 10.1 Å². The van der Waals surface area contributed by atoms with Crippen LogP contribution in [0.4, 0.5) is 5.69 Å². The molecule has 110 valence electrons. The van der Waals surface area contributed by atoms with E-state index in [0.717, 1.165) is 6.54 Å². The molecule has 2 rings (SSSR count). The number of ether oxygens (including phenoxy) is 2. The number of hydrogen-bond donors (Lipinski definition) is 1. The summed E-state index contributed by atoms with van der Waals surface area (Å²) in [6.07, 6.45) is -0.144. The summed E-state index contributed by atoms with van der Waals surface area (Å²) in [5.41, 5.74) is -0.404. The van der Waals surface area contributed by atoms with Crippen LogP contribution in [0.2, 0.25) is 5.02 Å². The quantitative estimate of drug-likeness (QED) is 0.683. The second kappa shape index (κ2) is 5.95. The molecule has 0 radical (unpaired) electrons. The van der Waals surface area contributed by atoms with E-state index in [1.807, 2.05) is 13.8 Å². The van der Waals surface area contributed by atoms with Gasteiger partial charge in [-0.05, 0) is 26.0 Å².